The summed E-state index contributed by atoms with van der Waals surface area (Å²) >= 11 is 0. The molecule has 0 aliphatic carbocycles. The number of aromatic nitrogens is 3. The Morgan fingerprint density at radius 3 is 2.50 bits per heavy atom. The summed E-state index contributed by atoms with van der Waals surface area (Å²) < 4.78 is 35.1. The molecule has 1 aromatic carbocycles. The summed E-state index contributed by atoms with van der Waals surface area (Å²) in [6.07, 6.45) is 2.86. The molecule has 0 aliphatic heterocycles. The van der Waals surface area contributed by atoms with Gasteiger partial charge in [0.05, 0.1) is 24.5 Å². The standard InChI is InChI=1S/C17H20N4O4S/c1-17(2,22)14-8-6-12(10-18-14)26(23,24)20-15-13(25-4)7-5-11-9-19-21(3)16(11)15/h5-10,20,22H,1-4H3. The second kappa shape index (κ2) is 6.26. The van der Waals surface area contributed by atoms with E-state index < -0.39 is 15.6 Å². The maximum absolute atomic E-state index is 12.8. The Labute approximate surface area is 151 Å². The number of hydrogen-bond acceptors (Lipinski definition) is 6. The molecule has 0 unspecified atom stereocenters. The highest BCUT2D eigenvalue weighted by molar-refractivity contribution is 7.92. The molecule has 138 valence electrons. The van der Waals surface area contributed by atoms with Crippen LogP contribution in [0.3, 0.4) is 0 Å². The highest BCUT2D eigenvalue weighted by atomic mass is 32.2. The molecular formula is C17H20N4O4S. The minimum Gasteiger partial charge on any atom is -0.494 e. The van der Waals surface area contributed by atoms with E-state index in [9.17, 15) is 13.5 Å². The molecule has 0 aliphatic rings. The van der Waals surface area contributed by atoms with Crippen LogP contribution < -0.4 is 9.46 Å². The molecule has 0 atom stereocenters. The summed E-state index contributed by atoms with van der Waals surface area (Å²) in [7, 11) is -0.721. The average Bonchev–Trinajstić information content (AvgIpc) is 2.96. The Kier molecular flexibility index (Phi) is 4.37. The Morgan fingerprint density at radius 1 is 1.19 bits per heavy atom. The number of ether oxygens (including phenoxy) is 1. The van der Waals surface area contributed by atoms with E-state index in [-0.39, 0.29) is 4.90 Å². The number of fused-ring (bicyclic) bond motifs is 1. The van der Waals surface area contributed by atoms with Crippen LogP contribution in [0.4, 0.5) is 5.69 Å². The lowest BCUT2D eigenvalue weighted by molar-refractivity contribution is 0.0737. The van der Waals surface area contributed by atoms with Gasteiger partial charge < -0.3 is 9.84 Å². The van der Waals surface area contributed by atoms with Crippen LogP contribution in [0.2, 0.25) is 0 Å². The number of nitrogens with zero attached hydrogens (tertiary/aromatic N) is 3. The predicted molar refractivity (Wildman–Crippen MR) is 97.6 cm³/mol. The van der Waals surface area contributed by atoms with Crippen LogP contribution in [0, 0.1) is 0 Å². The summed E-state index contributed by atoms with van der Waals surface area (Å²) in [6.45, 7) is 3.16. The third-order valence-electron chi connectivity index (χ3n) is 3.99. The summed E-state index contributed by atoms with van der Waals surface area (Å²) in [6, 6.07) is 6.37. The molecule has 26 heavy (non-hydrogen) atoms. The normalized spacial score (nSPS) is 12.3. The van der Waals surface area contributed by atoms with Gasteiger partial charge in [-0.1, -0.05) is 0 Å². The Balaban J connectivity index is 2.05. The van der Waals surface area contributed by atoms with Crippen molar-refractivity contribution >= 4 is 26.6 Å². The van der Waals surface area contributed by atoms with E-state index in [4.69, 9.17) is 4.74 Å². The van der Waals surface area contributed by atoms with Crippen LogP contribution in [0.15, 0.2) is 41.6 Å². The van der Waals surface area contributed by atoms with Crippen LogP contribution in [-0.4, -0.2) is 35.4 Å². The maximum Gasteiger partial charge on any atom is 0.263 e. The van der Waals surface area contributed by atoms with Gasteiger partial charge in [-0.2, -0.15) is 5.10 Å². The zero-order chi connectivity index (χ0) is 19.1. The largest absolute Gasteiger partial charge is 0.494 e. The Morgan fingerprint density at radius 2 is 1.92 bits per heavy atom. The van der Waals surface area contributed by atoms with Crippen molar-refractivity contribution in [3.05, 3.63) is 42.4 Å². The van der Waals surface area contributed by atoms with Gasteiger partial charge >= 0.3 is 0 Å². The average molecular weight is 376 g/mol. The van der Waals surface area contributed by atoms with Crippen LogP contribution in [0.25, 0.3) is 10.9 Å². The monoisotopic (exact) mass is 376 g/mol. The first-order valence-electron chi connectivity index (χ1n) is 7.84. The van der Waals surface area contributed by atoms with Gasteiger partial charge in [0.1, 0.15) is 21.9 Å². The van der Waals surface area contributed by atoms with Gasteiger partial charge in [-0.05, 0) is 38.1 Å². The third kappa shape index (κ3) is 3.23. The number of rotatable bonds is 5. The molecule has 0 bridgehead atoms. The molecule has 2 aromatic heterocycles. The molecule has 9 heteroatoms. The van der Waals surface area contributed by atoms with E-state index in [1.54, 1.807) is 43.9 Å². The van der Waals surface area contributed by atoms with Gasteiger partial charge in [0.25, 0.3) is 10.0 Å². The molecule has 8 nitrogen and oxygen atoms in total. The molecule has 2 N–H and O–H groups in total. The van der Waals surface area contributed by atoms with Crippen LogP contribution in [0.5, 0.6) is 5.75 Å². The molecule has 0 saturated carbocycles. The molecule has 0 amide bonds. The van der Waals surface area contributed by atoms with E-state index in [0.29, 0.717) is 22.6 Å². The molecular weight excluding hydrogens is 356 g/mol. The molecule has 3 rings (SSSR count). The van der Waals surface area contributed by atoms with Gasteiger partial charge in [0, 0.05) is 18.6 Å². The lowest BCUT2D eigenvalue weighted by atomic mass is 10.1. The Hall–Kier alpha value is -2.65. The molecule has 0 spiro atoms. The SMILES string of the molecule is COc1ccc2cnn(C)c2c1NS(=O)(=O)c1ccc(C(C)(C)O)nc1. The number of hydrogen-bond donors (Lipinski definition) is 2. The lowest BCUT2D eigenvalue weighted by Gasteiger charge is -2.17. The van der Waals surface area contributed by atoms with E-state index >= 15 is 0 Å². The zero-order valence-electron chi connectivity index (χ0n) is 14.9. The van der Waals surface area contributed by atoms with Crippen molar-refractivity contribution in [1.29, 1.82) is 0 Å². The first kappa shape index (κ1) is 18.2. The summed E-state index contributed by atoms with van der Waals surface area (Å²) in [5.74, 6) is 0.380. The second-order valence-corrected chi connectivity index (χ2v) is 8.07. The summed E-state index contributed by atoms with van der Waals surface area (Å²) in [5, 5.41) is 14.9. The van der Waals surface area contributed by atoms with E-state index in [1.807, 2.05) is 0 Å². The minimum atomic E-state index is -3.91. The predicted octanol–water partition coefficient (Wildman–Crippen LogP) is 2.01. The zero-order valence-corrected chi connectivity index (χ0v) is 15.7. The molecule has 0 radical (unpaired) electrons. The number of anilines is 1. The number of sulfonamides is 1. The van der Waals surface area contributed by atoms with Crippen molar-refractivity contribution in [1.82, 2.24) is 14.8 Å². The quantitative estimate of drug-likeness (QED) is 0.705. The van der Waals surface area contributed by atoms with Gasteiger partial charge in [-0.25, -0.2) is 8.42 Å². The molecule has 3 aromatic rings. The topological polar surface area (TPSA) is 106 Å². The summed E-state index contributed by atoms with van der Waals surface area (Å²) in [5.41, 5.74) is 0.132. The fourth-order valence-corrected chi connectivity index (χ4v) is 3.63. The molecule has 0 saturated heterocycles. The van der Waals surface area contributed by atoms with Crippen molar-refractivity contribution in [2.75, 3.05) is 11.8 Å². The first-order chi connectivity index (χ1) is 12.1. The number of benzene rings is 1. The first-order valence-corrected chi connectivity index (χ1v) is 9.32. The number of nitrogens with one attached hydrogen (secondary N) is 1. The fraction of sp³-hybridized carbons (Fsp3) is 0.294. The highest BCUT2D eigenvalue weighted by Gasteiger charge is 2.23. The number of methoxy groups -OCH3 is 1. The van der Waals surface area contributed by atoms with E-state index in [1.165, 1.54) is 25.4 Å². The minimum absolute atomic E-state index is 0.0216. The van der Waals surface area contributed by atoms with Gasteiger partial charge in [0.15, 0.2) is 0 Å². The molecule has 0 fully saturated rings. The van der Waals surface area contributed by atoms with Crippen molar-refractivity contribution in [2.45, 2.75) is 24.3 Å². The van der Waals surface area contributed by atoms with Crippen LogP contribution >= 0.6 is 0 Å². The number of aliphatic hydroxyl groups is 1. The van der Waals surface area contributed by atoms with Crippen molar-refractivity contribution in [3.63, 3.8) is 0 Å². The molecule has 2 heterocycles. The highest BCUT2D eigenvalue weighted by Crippen LogP contribution is 2.34. The van der Waals surface area contributed by atoms with Gasteiger partial charge in [0.2, 0.25) is 0 Å². The number of aryl methyl sites for hydroxylation is 1. The van der Waals surface area contributed by atoms with Gasteiger partial charge in [-0.3, -0.25) is 14.4 Å². The number of pyridine rings is 1. The van der Waals surface area contributed by atoms with Crippen molar-refractivity contribution < 1.29 is 18.3 Å². The Bertz CT molecular complexity index is 1050. The second-order valence-electron chi connectivity index (χ2n) is 6.39. The summed E-state index contributed by atoms with van der Waals surface area (Å²) in [4.78, 5) is 4.03. The fourth-order valence-electron chi connectivity index (χ4n) is 2.61. The van der Waals surface area contributed by atoms with Crippen LogP contribution in [0.1, 0.15) is 19.5 Å². The smallest absolute Gasteiger partial charge is 0.263 e. The van der Waals surface area contributed by atoms with Crippen molar-refractivity contribution in [2.24, 2.45) is 7.05 Å². The maximum atomic E-state index is 12.8. The lowest BCUT2D eigenvalue weighted by Crippen LogP contribution is -2.19. The third-order valence-corrected chi connectivity index (χ3v) is 5.33. The van der Waals surface area contributed by atoms with E-state index in [0.717, 1.165) is 5.39 Å². The van der Waals surface area contributed by atoms with E-state index in [2.05, 4.69) is 14.8 Å². The van der Waals surface area contributed by atoms with Crippen molar-refractivity contribution in [3.8, 4) is 5.75 Å². The van der Waals surface area contributed by atoms with Crippen LogP contribution in [-0.2, 0) is 22.7 Å². The van der Waals surface area contributed by atoms with Gasteiger partial charge in [-0.15, -0.1) is 0 Å².